The topological polar surface area (TPSA) is 61.9 Å². The van der Waals surface area contributed by atoms with Gasteiger partial charge in [-0.3, -0.25) is 0 Å². The third kappa shape index (κ3) is 2.89. The summed E-state index contributed by atoms with van der Waals surface area (Å²) >= 11 is 3.46. The number of nitrogens with zero attached hydrogens (tertiary/aromatic N) is 2. The molecule has 1 aromatic carbocycles. The van der Waals surface area contributed by atoms with Crippen molar-refractivity contribution >= 4 is 27.5 Å². The van der Waals surface area contributed by atoms with Gasteiger partial charge in [-0.1, -0.05) is 33.9 Å². The first-order chi connectivity index (χ1) is 10.1. The Bertz CT molecular complexity index is 542. The minimum Gasteiger partial charge on any atom is -0.409 e. The highest BCUT2D eigenvalue weighted by Gasteiger charge is 2.37. The Balaban J connectivity index is 1.82. The number of amidine groups is 1. The lowest BCUT2D eigenvalue weighted by molar-refractivity contribution is 0.226. The van der Waals surface area contributed by atoms with Crippen molar-refractivity contribution in [3.8, 4) is 0 Å². The average molecular weight is 352 g/mol. The molecule has 1 saturated heterocycles. The van der Waals surface area contributed by atoms with Crippen molar-refractivity contribution in [1.82, 2.24) is 0 Å². The van der Waals surface area contributed by atoms with E-state index < -0.39 is 0 Å². The van der Waals surface area contributed by atoms with Crippen LogP contribution in [0.2, 0.25) is 0 Å². The fourth-order valence-corrected chi connectivity index (χ4v) is 4.25. The highest BCUT2D eigenvalue weighted by atomic mass is 79.9. The fourth-order valence-electron chi connectivity index (χ4n) is 3.89. The molecule has 3 rings (SSSR count). The Morgan fingerprint density at radius 3 is 2.48 bits per heavy atom. The summed E-state index contributed by atoms with van der Waals surface area (Å²) < 4.78 is 0.942. The second kappa shape index (κ2) is 5.87. The molecule has 21 heavy (non-hydrogen) atoms. The van der Waals surface area contributed by atoms with Crippen molar-refractivity contribution in [3.63, 3.8) is 0 Å². The van der Waals surface area contributed by atoms with Crippen LogP contribution in [0.4, 0.5) is 5.69 Å². The van der Waals surface area contributed by atoms with Crippen molar-refractivity contribution in [2.24, 2.45) is 16.3 Å². The maximum atomic E-state index is 9.00. The van der Waals surface area contributed by atoms with Gasteiger partial charge in [-0.25, -0.2) is 0 Å². The molecule has 1 saturated carbocycles. The molecule has 1 aromatic rings. The van der Waals surface area contributed by atoms with E-state index in [1.54, 1.807) is 0 Å². The van der Waals surface area contributed by atoms with E-state index in [2.05, 4.69) is 32.1 Å². The largest absolute Gasteiger partial charge is 0.409 e. The fraction of sp³-hybridized carbons (Fsp3) is 0.562. The second-order valence-electron chi connectivity index (χ2n) is 6.34. The van der Waals surface area contributed by atoms with Crippen LogP contribution in [0.25, 0.3) is 0 Å². The van der Waals surface area contributed by atoms with E-state index in [-0.39, 0.29) is 5.84 Å². The monoisotopic (exact) mass is 351 g/mol. The van der Waals surface area contributed by atoms with E-state index in [4.69, 9.17) is 10.9 Å². The summed E-state index contributed by atoms with van der Waals surface area (Å²) in [6, 6.07) is 6.00. The third-order valence-corrected chi connectivity index (χ3v) is 5.66. The minimum absolute atomic E-state index is 0.174. The Hall–Kier alpha value is -1.23. The van der Waals surface area contributed by atoms with Gasteiger partial charge in [0.2, 0.25) is 0 Å². The van der Waals surface area contributed by atoms with Crippen LogP contribution in [-0.4, -0.2) is 24.1 Å². The van der Waals surface area contributed by atoms with E-state index in [0.29, 0.717) is 5.41 Å². The highest BCUT2D eigenvalue weighted by molar-refractivity contribution is 9.10. The molecule has 5 heteroatoms. The molecule has 0 bridgehead atoms. The number of nitrogens with two attached hydrogens (primary N) is 1. The number of piperidine rings is 1. The number of benzene rings is 1. The van der Waals surface area contributed by atoms with Crippen molar-refractivity contribution in [1.29, 1.82) is 0 Å². The molecule has 1 aliphatic carbocycles. The van der Waals surface area contributed by atoms with Crippen LogP contribution in [0.1, 0.15) is 44.1 Å². The van der Waals surface area contributed by atoms with Gasteiger partial charge in [0.25, 0.3) is 0 Å². The molecule has 0 unspecified atom stereocenters. The van der Waals surface area contributed by atoms with Gasteiger partial charge in [0.1, 0.15) is 0 Å². The molecule has 1 heterocycles. The van der Waals surface area contributed by atoms with Gasteiger partial charge in [-0.2, -0.15) is 0 Å². The van der Waals surface area contributed by atoms with Crippen molar-refractivity contribution in [2.75, 3.05) is 18.0 Å². The van der Waals surface area contributed by atoms with E-state index >= 15 is 0 Å². The normalized spacial score (nSPS) is 22.0. The van der Waals surface area contributed by atoms with Gasteiger partial charge in [0, 0.05) is 28.8 Å². The van der Waals surface area contributed by atoms with Crippen LogP contribution in [0, 0.1) is 5.41 Å². The summed E-state index contributed by atoms with van der Waals surface area (Å²) in [5, 5.41) is 12.2. The summed E-state index contributed by atoms with van der Waals surface area (Å²) in [6.45, 7) is 2.13. The Labute approximate surface area is 134 Å². The standard InChI is InChI=1S/C16H22BrN3O/c17-12-3-4-14(13(11-12)15(18)19-21)20-9-7-16(8-10-20)5-1-2-6-16/h3-4,11,21H,1-2,5-10H2,(H2,18,19). The van der Waals surface area contributed by atoms with Crippen molar-refractivity contribution in [3.05, 3.63) is 28.2 Å². The van der Waals surface area contributed by atoms with Crippen molar-refractivity contribution in [2.45, 2.75) is 38.5 Å². The third-order valence-electron chi connectivity index (χ3n) is 5.17. The van der Waals surface area contributed by atoms with Gasteiger partial charge in [-0.15, -0.1) is 0 Å². The first-order valence-corrected chi connectivity index (χ1v) is 8.45. The maximum Gasteiger partial charge on any atom is 0.172 e. The first-order valence-electron chi connectivity index (χ1n) is 7.66. The maximum absolute atomic E-state index is 9.00. The molecule has 2 fully saturated rings. The lowest BCUT2D eigenvalue weighted by Gasteiger charge is -2.41. The van der Waals surface area contributed by atoms with Crippen LogP contribution in [0.5, 0.6) is 0 Å². The summed E-state index contributed by atoms with van der Waals surface area (Å²) in [5.41, 5.74) is 8.31. The van der Waals surface area contributed by atoms with E-state index in [0.717, 1.165) is 28.8 Å². The SMILES string of the molecule is N/C(=N/O)c1cc(Br)ccc1N1CCC2(CCCC2)CC1. The molecular formula is C16H22BrN3O. The number of oxime groups is 1. The molecule has 3 N–H and O–H groups in total. The quantitative estimate of drug-likeness (QED) is 0.369. The smallest absolute Gasteiger partial charge is 0.172 e. The van der Waals surface area contributed by atoms with E-state index in [9.17, 15) is 0 Å². The summed E-state index contributed by atoms with van der Waals surface area (Å²) in [7, 11) is 0. The molecule has 1 aliphatic heterocycles. The lowest BCUT2D eigenvalue weighted by Crippen LogP contribution is -2.39. The molecule has 0 aromatic heterocycles. The zero-order valence-electron chi connectivity index (χ0n) is 12.2. The van der Waals surface area contributed by atoms with E-state index in [1.165, 1.54) is 38.5 Å². The van der Waals surface area contributed by atoms with Gasteiger partial charge in [0.15, 0.2) is 5.84 Å². The Morgan fingerprint density at radius 1 is 1.19 bits per heavy atom. The van der Waals surface area contributed by atoms with Crippen LogP contribution in [0.3, 0.4) is 0 Å². The number of hydrogen-bond acceptors (Lipinski definition) is 3. The number of hydrogen-bond donors (Lipinski definition) is 2. The highest BCUT2D eigenvalue weighted by Crippen LogP contribution is 2.46. The van der Waals surface area contributed by atoms with Crippen LogP contribution >= 0.6 is 15.9 Å². The average Bonchev–Trinajstić information content (AvgIpc) is 2.96. The van der Waals surface area contributed by atoms with Crippen molar-refractivity contribution < 1.29 is 5.21 Å². The summed E-state index contributed by atoms with van der Waals surface area (Å²) in [6.07, 6.45) is 8.11. The number of anilines is 1. The molecule has 4 nitrogen and oxygen atoms in total. The van der Waals surface area contributed by atoms with Crippen LogP contribution < -0.4 is 10.6 Å². The molecule has 2 aliphatic rings. The van der Waals surface area contributed by atoms with Gasteiger partial charge >= 0.3 is 0 Å². The molecule has 0 amide bonds. The molecular weight excluding hydrogens is 330 g/mol. The molecule has 0 atom stereocenters. The predicted molar refractivity (Wildman–Crippen MR) is 89.0 cm³/mol. The Morgan fingerprint density at radius 2 is 1.86 bits per heavy atom. The molecule has 114 valence electrons. The number of halogens is 1. The summed E-state index contributed by atoms with van der Waals surface area (Å²) in [5.74, 6) is 0.174. The second-order valence-corrected chi connectivity index (χ2v) is 7.26. The van der Waals surface area contributed by atoms with Gasteiger partial charge in [0.05, 0.1) is 0 Å². The predicted octanol–water partition coefficient (Wildman–Crippen LogP) is 3.70. The lowest BCUT2D eigenvalue weighted by atomic mass is 9.77. The van der Waals surface area contributed by atoms with Crippen LogP contribution in [-0.2, 0) is 0 Å². The zero-order valence-corrected chi connectivity index (χ0v) is 13.8. The van der Waals surface area contributed by atoms with Crippen LogP contribution in [0.15, 0.2) is 27.8 Å². The van der Waals surface area contributed by atoms with E-state index in [1.807, 2.05) is 12.1 Å². The first kappa shape index (κ1) is 14.7. The van der Waals surface area contributed by atoms with Gasteiger partial charge in [-0.05, 0) is 49.3 Å². The zero-order chi connectivity index (χ0) is 14.9. The Kier molecular flexibility index (Phi) is 4.11. The van der Waals surface area contributed by atoms with Gasteiger partial charge < -0.3 is 15.8 Å². The minimum atomic E-state index is 0.174. The summed E-state index contributed by atoms with van der Waals surface area (Å²) in [4.78, 5) is 2.38. The molecule has 1 spiro atoms. The number of rotatable bonds is 2. The molecule has 0 radical (unpaired) electrons.